The third-order valence-electron chi connectivity index (χ3n) is 4.75. The molecule has 0 atom stereocenters. The molecule has 0 bridgehead atoms. The van der Waals surface area contributed by atoms with E-state index in [1.54, 1.807) is 35.4 Å². The average molecular weight is 396 g/mol. The zero-order valence-corrected chi connectivity index (χ0v) is 16.3. The second-order valence-electron chi connectivity index (χ2n) is 7.04. The first-order chi connectivity index (χ1) is 14.7. The summed E-state index contributed by atoms with van der Waals surface area (Å²) in [6.45, 7) is 0.484. The smallest absolute Gasteiger partial charge is 0.188 e. The minimum atomic E-state index is -0.297. The monoisotopic (exact) mass is 396 g/mol. The van der Waals surface area contributed by atoms with Crippen LogP contribution in [0.15, 0.2) is 85.3 Å². The number of hydrogen-bond acceptors (Lipinski definition) is 5. The van der Waals surface area contributed by atoms with Crippen molar-refractivity contribution >= 4 is 11.6 Å². The fourth-order valence-electron chi connectivity index (χ4n) is 3.25. The maximum atomic E-state index is 12.7. The van der Waals surface area contributed by atoms with Crippen LogP contribution in [0.4, 0.5) is 0 Å². The minimum absolute atomic E-state index is 0.210. The van der Waals surface area contributed by atoms with Gasteiger partial charge in [0.15, 0.2) is 11.6 Å². The Labute approximate surface area is 174 Å². The molecule has 2 heterocycles. The number of pyridine rings is 1. The second-order valence-corrected chi connectivity index (χ2v) is 7.04. The molecule has 0 N–H and O–H groups in total. The highest BCUT2D eigenvalue weighted by Gasteiger charge is 2.16. The summed E-state index contributed by atoms with van der Waals surface area (Å²) >= 11 is 0. The van der Waals surface area contributed by atoms with Gasteiger partial charge in [-0.1, -0.05) is 53.7 Å². The fraction of sp³-hybridized carbons (Fsp3) is 0.125. The van der Waals surface area contributed by atoms with E-state index >= 15 is 0 Å². The van der Waals surface area contributed by atoms with Crippen molar-refractivity contribution in [1.82, 2.24) is 20.0 Å². The third kappa shape index (κ3) is 4.91. The number of ketones is 2. The summed E-state index contributed by atoms with van der Waals surface area (Å²) in [7, 11) is 0. The third-order valence-corrected chi connectivity index (χ3v) is 4.75. The Kier molecular flexibility index (Phi) is 5.85. The van der Waals surface area contributed by atoms with E-state index in [1.807, 2.05) is 42.5 Å². The normalized spacial score (nSPS) is 10.7. The van der Waals surface area contributed by atoms with Crippen LogP contribution in [0.25, 0.3) is 0 Å². The fourth-order valence-corrected chi connectivity index (χ4v) is 3.25. The molecule has 0 amide bonds. The number of benzene rings is 2. The summed E-state index contributed by atoms with van der Waals surface area (Å²) in [6, 6.07) is 21.0. The maximum Gasteiger partial charge on any atom is 0.188 e. The molecule has 0 radical (unpaired) electrons. The Morgan fingerprint density at radius 3 is 2.43 bits per heavy atom. The summed E-state index contributed by atoms with van der Waals surface area (Å²) in [5.41, 5.74) is 3.90. The average Bonchev–Trinajstić information content (AvgIpc) is 3.28. The number of rotatable bonds is 8. The summed E-state index contributed by atoms with van der Waals surface area (Å²) in [5.74, 6) is -0.507. The van der Waals surface area contributed by atoms with Crippen molar-refractivity contribution in [2.24, 2.45) is 0 Å². The Morgan fingerprint density at radius 1 is 0.800 bits per heavy atom. The van der Waals surface area contributed by atoms with E-state index in [4.69, 9.17) is 0 Å². The van der Waals surface area contributed by atoms with Crippen molar-refractivity contribution in [3.63, 3.8) is 0 Å². The van der Waals surface area contributed by atoms with Crippen molar-refractivity contribution in [3.05, 3.63) is 113 Å². The van der Waals surface area contributed by atoms with Crippen LogP contribution in [0.1, 0.15) is 44.0 Å². The van der Waals surface area contributed by atoms with Crippen LogP contribution in [0.5, 0.6) is 0 Å². The molecule has 0 aliphatic carbocycles. The highest BCUT2D eigenvalue weighted by atomic mass is 16.1. The molecule has 4 rings (SSSR count). The van der Waals surface area contributed by atoms with Crippen molar-refractivity contribution in [3.8, 4) is 0 Å². The zero-order valence-electron chi connectivity index (χ0n) is 16.3. The summed E-state index contributed by atoms with van der Waals surface area (Å²) in [6.07, 6.45) is 5.44. The molecule has 30 heavy (non-hydrogen) atoms. The second kappa shape index (κ2) is 9.05. The first-order valence-corrected chi connectivity index (χ1v) is 9.66. The van der Waals surface area contributed by atoms with Crippen molar-refractivity contribution in [2.75, 3.05) is 0 Å². The molecule has 0 aliphatic heterocycles. The number of Topliss-reactive ketones (excluding diaryl/α,β-unsaturated/α-hetero) is 2. The highest BCUT2D eigenvalue weighted by molar-refractivity contribution is 6.12. The molecule has 6 nitrogen and oxygen atoms in total. The number of aromatic nitrogens is 4. The van der Waals surface area contributed by atoms with E-state index in [9.17, 15) is 9.59 Å². The molecular weight excluding hydrogens is 376 g/mol. The number of nitrogens with zero attached hydrogens (tertiary/aromatic N) is 4. The number of carbonyl (C=O) groups is 2. The topological polar surface area (TPSA) is 77.7 Å². The molecule has 2 aromatic carbocycles. The van der Waals surface area contributed by atoms with Crippen LogP contribution in [0.3, 0.4) is 0 Å². The van der Waals surface area contributed by atoms with E-state index in [1.165, 1.54) is 5.56 Å². The first kappa shape index (κ1) is 19.4. The van der Waals surface area contributed by atoms with Gasteiger partial charge < -0.3 is 0 Å². The van der Waals surface area contributed by atoms with Gasteiger partial charge in [-0.3, -0.25) is 14.6 Å². The molecule has 4 aromatic rings. The van der Waals surface area contributed by atoms with Crippen molar-refractivity contribution < 1.29 is 9.59 Å². The summed E-state index contributed by atoms with van der Waals surface area (Å²) in [5, 5.41) is 7.69. The largest absolute Gasteiger partial charge is 0.294 e. The molecule has 0 unspecified atom stereocenters. The predicted molar refractivity (Wildman–Crippen MR) is 112 cm³/mol. The molecule has 0 saturated heterocycles. The van der Waals surface area contributed by atoms with E-state index in [0.717, 1.165) is 17.5 Å². The van der Waals surface area contributed by atoms with Crippen LogP contribution < -0.4 is 0 Å². The lowest BCUT2D eigenvalue weighted by Crippen LogP contribution is -2.11. The van der Waals surface area contributed by atoms with Gasteiger partial charge in [0.25, 0.3) is 0 Å². The Bertz CT molecular complexity index is 1150. The van der Waals surface area contributed by atoms with Crippen LogP contribution in [0, 0.1) is 0 Å². The Balaban J connectivity index is 1.43. The van der Waals surface area contributed by atoms with Crippen molar-refractivity contribution in [1.29, 1.82) is 0 Å². The van der Waals surface area contributed by atoms with Gasteiger partial charge >= 0.3 is 0 Å². The van der Waals surface area contributed by atoms with Gasteiger partial charge in [-0.05, 0) is 41.3 Å². The van der Waals surface area contributed by atoms with E-state index in [0.29, 0.717) is 12.1 Å². The van der Waals surface area contributed by atoms with Crippen LogP contribution in [-0.2, 0) is 13.0 Å². The summed E-state index contributed by atoms with van der Waals surface area (Å²) < 4.78 is 1.66. The Hall–Kier alpha value is -3.93. The van der Waals surface area contributed by atoms with E-state index < -0.39 is 0 Å². The van der Waals surface area contributed by atoms with Crippen LogP contribution >= 0.6 is 0 Å². The number of carbonyl (C=O) groups excluding carboxylic acids is 2. The van der Waals surface area contributed by atoms with E-state index in [2.05, 4.69) is 27.4 Å². The van der Waals surface area contributed by atoms with Gasteiger partial charge in [-0.2, -0.15) is 0 Å². The maximum absolute atomic E-state index is 12.7. The molecule has 0 aliphatic rings. The lowest BCUT2D eigenvalue weighted by atomic mass is 9.99. The van der Waals surface area contributed by atoms with Crippen LogP contribution in [0.2, 0.25) is 0 Å². The van der Waals surface area contributed by atoms with Gasteiger partial charge in [0.2, 0.25) is 0 Å². The SMILES string of the molecule is O=C(CC(=O)c1cc(Cn2ccnn2)ccn1)c1cccc(Cc2ccccc2)c1. The van der Waals surface area contributed by atoms with Gasteiger partial charge in [0.1, 0.15) is 5.69 Å². The Morgan fingerprint density at radius 2 is 1.63 bits per heavy atom. The number of hydrogen-bond donors (Lipinski definition) is 0. The highest BCUT2D eigenvalue weighted by Crippen LogP contribution is 2.14. The molecule has 0 saturated carbocycles. The lowest BCUT2D eigenvalue weighted by Gasteiger charge is -2.06. The molecular formula is C24H20N4O2. The van der Waals surface area contributed by atoms with Gasteiger partial charge in [0.05, 0.1) is 19.2 Å². The quantitative estimate of drug-likeness (QED) is 0.335. The van der Waals surface area contributed by atoms with Gasteiger partial charge in [0, 0.05) is 18.0 Å². The lowest BCUT2D eigenvalue weighted by molar-refractivity contribution is 0.0891. The molecule has 0 fully saturated rings. The van der Waals surface area contributed by atoms with Crippen molar-refractivity contribution in [2.45, 2.75) is 19.4 Å². The van der Waals surface area contributed by atoms with Gasteiger partial charge in [-0.25, -0.2) is 4.68 Å². The summed E-state index contributed by atoms with van der Waals surface area (Å²) in [4.78, 5) is 29.5. The zero-order chi connectivity index (χ0) is 20.8. The molecule has 6 heteroatoms. The van der Waals surface area contributed by atoms with Gasteiger partial charge in [-0.15, -0.1) is 5.10 Å². The minimum Gasteiger partial charge on any atom is -0.294 e. The van der Waals surface area contributed by atoms with E-state index in [-0.39, 0.29) is 23.7 Å². The standard InChI is InChI=1S/C24H20N4O2/c29-23(21-8-4-7-19(14-21)13-18-5-2-1-3-6-18)16-24(30)22-15-20(9-10-25-22)17-28-12-11-26-27-28/h1-12,14-15H,13,16-17H2. The molecule has 0 spiro atoms. The first-order valence-electron chi connectivity index (χ1n) is 9.66. The predicted octanol–water partition coefficient (Wildman–Crippen LogP) is 3.77. The molecule has 148 valence electrons. The molecule has 2 aromatic heterocycles. The van der Waals surface area contributed by atoms with Crippen LogP contribution in [-0.4, -0.2) is 31.5 Å².